The first-order valence-corrected chi connectivity index (χ1v) is 14.0. The van der Waals surface area contributed by atoms with Gasteiger partial charge in [0, 0.05) is 35.5 Å². The minimum Gasteiger partial charge on any atom is -0.497 e. The molecule has 0 bridgehead atoms. The van der Waals surface area contributed by atoms with Gasteiger partial charge < -0.3 is 14.8 Å². The van der Waals surface area contributed by atoms with Crippen LogP contribution in [0.5, 0.6) is 11.5 Å². The Bertz CT molecular complexity index is 1650. The zero-order valence-electron chi connectivity index (χ0n) is 23.1. The smallest absolute Gasteiger partial charge is 0.251 e. The van der Waals surface area contributed by atoms with E-state index in [1.165, 1.54) is 0 Å². The fourth-order valence-electron chi connectivity index (χ4n) is 5.47. The minimum absolute atomic E-state index is 0.0209. The third-order valence-electron chi connectivity index (χ3n) is 7.90. The van der Waals surface area contributed by atoms with Crippen molar-refractivity contribution < 1.29 is 23.0 Å². The van der Waals surface area contributed by atoms with Crippen LogP contribution < -0.4 is 14.8 Å². The number of aromatic amines is 1. The zero-order chi connectivity index (χ0) is 29.1. The Balaban J connectivity index is 1.00. The molecule has 216 valence electrons. The number of amides is 1. The maximum atomic E-state index is 14.7. The van der Waals surface area contributed by atoms with Crippen LogP contribution >= 0.6 is 0 Å². The molecule has 6 rings (SSSR count). The first-order chi connectivity index (χ1) is 20.5. The first kappa shape index (κ1) is 27.4. The number of halogens is 2. The number of fused-ring (bicyclic) bond motifs is 1. The van der Waals surface area contributed by atoms with Crippen LogP contribution in [0.2, 0.25) is 0 Å². The van der Waals surface area contributed by atoms with Crippen molar-refractivity contribution in [2.24, 2.45) is 5.92 Å². The van der Waals surface area contributed by atoms with Gasteiger partial charge in [0.05, 0.1) is 24.9 Å². The van der Waals surface area contributed by atoms with Gasteiger partial charge in [-0.25, -0.2) is 8.78 Å². The summed E-state index contributed by atoms with van der Waals surface area (Å²) in [6.45, 7) is 0.423. The normalized spacial score (nSPS) is 16.8. The van der Waals surface area contributed by atoms with Crippen LogP contribution in [0, 0.1) is 17.6 Å². The average molecular weight is 572 g/mol. The summed E-state index contributed by atoms with van der Waals surface area (Å²) in [4.78, 5) is 12.7. The fourth-order valence-corrected chi connectivity index (χ4v) is 5.47. The van der Waals surface area contributed by atoms with E-state index in [1.54, 1.807) is 37.6 Å². The third-order valence-corrected chi connectivity index (χ3v) is 7.90. The molecule has 2 N–H and O–H groups in total. The molecular weight excluding hydrogens is 540 g/mol. The van der Waals surface area contributed by atoms with E-state index in [0.717, 1.165) is 65.4 Å². The standard InChI is InChI=1S/C32H31F2N5O3/c1-41-27-10-4-21(5-11-27)19-42-31-28(33)12-24(13-29(31)34)32(40)35-15-20-2-8-26(9-3-20)39-18-23-7-6-22(14-30(23)38-39)25-16-36-37-17-25/h4-7,10-14,16-18,20,26H,2-3,8-9,15,19H2,1H3,(H,35,40)(H,36,37). The number of aromatic nitrogens is 4. The summed E-state index contributed by atoms with van der Waals surface area (Å²) >= 11 is 0. The van der Waals surface area contributed by atoms with Crippen LogP contribution in [0.25, 0.3) is 22.0 Å². The molecule has 0 aliphatic heterocycles. The highest BCUT2D eigenvalue weighted by molar-refractivity contribution is 5.94. The van der Waals surface area contributed by atoms with E-state index < -0.39 is 23.3 Å². The number of H-pyrrole nitrogens is 1. The van der Waals surface area contributed by atoms with Crippen LogP contribution in [0.4, 0.5) is 8.78 Å². The van der Waals surface area contributed by atoms with E-state index in [0.29, 0.717) is 12.3 Å². The minimum atomic E-state index is -0.919. The lowest BCUT2D eigenvalue weighted by Crippen LogP contribution is -2.32. The van der Waals surface area contributed by atoms with Crippen molar-refractivity contribution in [2.75, 3.05) is 13.7 Å². The Morgan fingerprint density at radius 2 is 1.79 bits per heavy atom. The van der Waals surface area contributed by atoms with Gasteiger partial charge in [-0.05, 0) is 73.1 Å². The number of nitrogens with zero attached hydrogens (tertiary/aromatic N) is 3. The summed E-state index contributed by atoms with van der Waals surface area (Å²) in [5.41, 5.74) is 3.68. The van der Waals surface area contributed by atoms with Gasteiger partial charge in [0.1, 0.15) is 12.4 Å². The Morgan fingerprint density at radius 1 is 1.02 bits per heavy atom. The van der Waals surface area contributed by atoms with Crippen LogP contribution in [0.3, 0.4) is 0 Å². The highest BCUT2D eigenvalue weighted by Gasteiger charge is 2.24. The van der Waals surface area contributed by atoms with Crippen LogP contribution in [0.15, 0.2) is 73.2 Å². The van der Waals surface area contributed by atoms with Crippen molar-refractivity contribution in [3.8, 4) is 22.6 Å². The number of benzene rings is 3. The molecule has 42 heavy (non-hydrogen) atoms. The molecule has 8 nitrogen and oxygen atoms in total. The Hall–Kier alpha value is -4.73. The summed E-state index contributed by atoms with van der Waals surface area (Å²) in [6, 6.07) is 15.5. The number of methoxy groups -OCH3 is 1. The van der Waals surface area contributed by atoms with Gasteiger partial charge in [-0.1, -0.05) is 24.3 Å². The topological polar surface area (TPSA) is 94.1 Å². The Labute approximate surface area is 241 Å². The molecule has 10 heteroatoms. The molecule has 2 heterocycles. The van der Waals surface area contributed by atoms with Crippen molar-refractivity contribution in [1.82, 2.24) is 25.3 Å². The first-order valence-electron chi connectivity index (χ1n) is 14.0. The lowest BCUT2D eigenvalue weighted by Gasteiger charge is -2.28. The second-order valence-electron chi connectivity index (χ2n) is 10.7. The van der Waals surface area contributed by atoms with E-state index in [1.807, 2.05) is 6.20 Å². The molecule has 0 unspecified atom stereocenters. The maximum Gasteiger partial charge on any atom is 0.251 e. The third kappa shape index (κ3) is 5.97. The number of nitrogens with one attached hydrogen (secondary N) is 2. The maximum absolute atomic E-state index is 14.7. The summed E-state index contributed by atoms with van der Waals surface area (Å²) < 4.78 is 41.9. The highest BCUT2D eigenvalue weighted by Crippen LogP contribution is 2.33. The molecule has 3 aromatic carbocycles. The van der Waals surface area contributed by atoms with Gasteiger partial charge in [-0.2, -0.15) is 10.2 Å². The molecular formula is C32H31F2N5O3. The van der Waals surface area contributed by atoms with E-state index in [4.69, 9.17) is 14.6 Å². The molecule has 1 fully saturated rings. The molecule has 1 aliphatic rings. The largest absolute Gasteiger partial charge is 0.497 e. The van der Waals surface area contributed by atoms with Gasteiger partial charge in [0.25, 0.3) is 5.91 Å². The van der Waals surface area contributed by atoms with Crippen molar-refractivity contribution in [2.45, 2.75) is 38.3 Å². The van der Waals surface area contributed by atoms with Gasteiger partial charge >= 0.3 is 0 Å². The van der Waals surface area contributed by atoms with Gasteiger partial charge in [-0.15, -0.1) is 0 Å². The number of ether oxygens (including phenoxy) is 2. The van der Waals surface area contributed by atoms with Gasteiger partial charge in [0.15, 0.2) is 17.4 Å². The quantitative estimate of drug-likeness (QED) is 0.212. The number of hydrogen-bond donors (Lipinski definition) is 2. The summed E-state index contributed by atoms with van der Waals surface area (Å²) in [6.07, 6.45) is 9.46. The van der Waals surface area contributed by atoms with Crippen LogP contribution in [0.1, 0.15) is 47.6 Å². The second-order valence-corrected chi connectivity index (χ2v) is 10.7. The predicted octanol–water partition coefficient (Wildman–Crippen LogP) is 6.45. The molecule has 0 saturated heterocycles. The number of carbonyl (C=O) groups excluding carboxylic acids is 1. The molecule has 0 spiro atoms. The molecule has 1 amide bonds. The summed E-state index contributed by atoms with van der Waals surface area (Å²) in [7, 11) is 1.56. The number of rotatable bonds is 9. The SMILES string of the molecule is COc1ccc(COc2c(F)cc(C(=O)NCC3CCC(n4cc5ccc(-c6cn[nH]c6)cc5n4)CC3)cc2F)cc1. The molecule has 0 radical (unpaired) electrons. The van der Waals surface area contributed by atoms with E-state index in [2.05, 4.69) is 44.6 Å². The molecule has 5 aromatic rings. The molecule has 2 aromatic heterocycles. The predicted molar refractivity (Wildman–Crippen MR) is 154 cm³/mol. The van der Waals surface area contributed by atoms with E-state index >= 15 is 0 Å². The lowest BCUT2D eigenvalue weighted by molar-refractivity contribution is 0.0940. The second kappa shape index (κ2) is 12.0. The average Bonchev–Trinajstić information content (AvgIpc) is 3.70. The lowest BCUT2D eigenvalue weighted by atomic mass is 9.86. The van der Waals surface area contributed by atoms with Crippen molar-refractivity contribution >= 4 is 16.8 Å². The number of carbonyl (C=O) groups is 1. The summed E-state index contributed by atoms with van der Waals surface area (Å²) in [5, 5.41) is 15.6. The highest BCUT2D eigenvalue weighted by atomic mass is 19.1. The van der Waals surface area contributed by atoms with Crippen molar-refractivity contribution in [1.29, 1.82) is 0 Å². The molecule has 0 atom stereocenters. The fraction of sp³-hybridized carbons (Fsp3) is 0.281. The van der Waals surface area contributed by atoms with Crippen molar-refractivity contribution in [3.63, 3.8) is 0 Å². The Kier molecular flexibility index (Phi) is 7.85. The summed E-state index contributed by atoms with van der Waals surface area (Å²) in [5.74, 6) is -1.90. The van der Waals surface area contributed by atoms with E-state index in [9.17, 15) is 13.6 Å². The van der Waals surface area contributed by atoms with Crippen molar-refractivity contribution in [3.05, 3.63) is 95.9 Å². The monoisotopic (exact) mass is 571 g/mol. The number of hydrogen-bond acceptors (Lipinski definition) is 5. The van der Waals surface area contributed by atoms with Gasteiger partial charge in [-0.3, -0.25) is 14.6 Å². The molecule has 1 aliphatic carbocycles. The van der Waals surface area contributed by atoms with Gasteiger partial charge in [0.2, 0.25) is 0 Å². The van der Waals surface area contributed by atoms with E-state index in [-0.39, 0.29) is 24.1 Å². The Morgan fingerprint density at radius 3 is 2.48 bits per heavy atom. The molecule has 1 saturated carbocycles. The zero-order valence-corrected chi connectivity index (χ0v) is 23.1. The van der Waals surface area contributed by atoms with Crippen LogP contribution in [-0.2, 0) is 6.61 Å². The van der Waals surface area contributed by atoms with Crippen LogP contribution in [-0.4, -0.2) is 39.5 Å².